The molecular formula is C64H76O24. The molecule has 2 aromatic rings. The van der Waals surface area contributed by atoms with E-state index in [2.05, 4.69) is 26.3 Å². The standard InChI is InChI=1S/C64H76O24/c1-7-53(65)77-29-9-11-31-79-57(69)41-17-21-45(22-18-41)85-63(75)49-27-25-47(37-51(49)61(73)83-35-33-81-55(67)39(3)4)87-59(71)43-13-15-44(16-14-43)60(72)88-48-26-28-50(52(38-48)62(74)84-36-34-82-56(68)40(5)6)64(76)86-46-23-19-42(20-24-46)58(70)80-32-12-10-30-78-54(66)8-2/h7-8,25-28,37-38,41-46H,1-3,5,9-24,29-36H2,4,6H3. The molecule has 2 aromatic carbocycles. The van der Waals surface area contributed by atoms with E-state index in [-0.39, 0.29) is 110 Å². The van der Waals surface area contributed by atoms with Crippen molar-refractivity contribution >= 4 is 71.6 Å². The van der Waals surface area contributed by atoms with Gasteiger partial charge in [0.2, 0.25) is 0 Å². The molecule has 0 atom stereocenters. The summed E-state index contributed by atoms with van der Waals surface area (Å²) in [5.41, 5.74) is -0.810. The van der Waals surface area contributed by atoms with Gasteiger partial charge in [0, 0.05) is 23.3 Å². The van der Waals surface area contributed by atoms with Crippen molar-refractivity contribution in [3.8, 4) is 11.5 Å². The van der Waals surface area contributed by atoms with Gasteiger partial charge in [-0.3, -0.25) is 19.2 Å². The van der Waals surface area contributed by atoms with Gasteiger partial charge in [0.1, 0.15) is 50.1 Å². The molecular weight excluding hydrogens is 1150 g/mol. The van der Waals surface area contributed by atoms with Crippen LogP contribution in [-0.4, -0.2) is 137 Å². The Bertz CT molecular complexity index is 2700. The third-order valence-corrected chi connectivity index (χ3v) is 14.4. The van der Waals surface area contributed by atoms with Crippen molar-refractivity contribution in [2.75, 3.05) is 52.9 Å². The molecule has 3 fully saturated rings. The van der Waals surface area contributed by atoms with Crippen LogP contribution in [0.25, 0.3) is 0 Å². The molecule has 5 rings (SSSR count). The fraction of sp³-hybridized carbons (Fsp3) is 0.500. The predicted molar refractivity (Wildman–Crippen MR) is 307 cm³/mol. The Hall–Kier alpha value is -8.96. The minimum Gasteiger partial charge on any atom is -0.465 e. The molecule has 476 valence electrons. The number of carbonyl (C=O) groups is 12. The molecule has 3 aliphatic rings. The lowest BCUT2D eigenvalue weighted by atomic mass is 9.82. The molecule has 0 N–H and O–H groups in total. The van der Waals surface area contributed by atoms with Crippen LogP contribution in [0.4, 0.5) is 0 Å². The minimum atomic E-state index is -1.02. The maximum absolute atomic E-state index is 13.7. The van der Waals surface area contributed by atoms with Crippen LogP contribution in [0, 0.1) is 23.7 Å². The lowest BCUT2D eigenvalue weighted by Crippen LogP contribution is -2.31. The first-order chi connectivity index (χ1) is 42.2. The minimum absolute atomic E-state index is 0.115. The molecule has 0 aromatic heterocycles. The van der Waals surface area contributed by atoms with Crippen molar-refractivity contribution in [2.45, 2.75) is 129 Å². The number of hydrogen-bond donors (Lipinski definition) is 0. The summed E-state index contributed by atoms with van der Waals surface area (Å²) in [5, 5.41) is 0. The van der Waals surface area contributed by atoms with Crippen molar-refractivity contribution < 1.29 is 114 Å². The van der Waals surface area contributed by atoms with Gasteiger partial charge in [-0.25, -0.2) is 38.4 Å². The Morgan fingerprint density at radius 2 is 0.682 bits per heavy atom. The first-order valence-corrected chi connectivity index (χ1v) is 29.2. The second-order valence-corrected chi connectivity index (χ2v) is 21.2. The summed E-state index contributed by atoms with van der Waals surface area (Å²) < 4.78 is 64.3. The largest absolute Gasteiger partial charge is 0.465 e. The van der Waals surface area contributed by atoms with E-state index in [9.17, 15) is 57.5 Å². The average molecular weight is 1230 g/mol. The Morgan fingerprint density at radius 3 is 1.01 bits per heavy atom. The number of ether oxygens (including phenoxy) is 12. The van der Waals surface area contributed by atoms with Gasteiger partial charge in [0.05, 0.1) is 72.4 Å². The Balaban J connectivity index is 1.16. The zero-order valence-corrected chi connectivity index (χ0v) is 49.7. The molecule has 0 saturated heterocycles. The van der Waals surface area contributed by atoms with E-state index in [1.807, 2.05) is 0 Å². The molecule has 0 bridgehead atoms. The molecule has 3 saturated carbocycles. The predicted octanol–water partition coefficient (Wildman–Crippen LogP) is 8.09. The zero-order chi connectivity index (χ0) is 64.1. The normalized spacial score (nSPS) is 18.6. The van der Waals surface area contributed by atoms with Gasteiger partial charge in [0.25, 0.3) is 0 Å². The van der Waals surface area contributed by atoms with Gasteiger partial charge in [0.15, 0.2) is 0 Å². The van der Waals surface area contributed by atoms with E-state index in [4.69, 9.17) is 56.8 Å². The number of carbonyl (C=O) groups excluding carboxylic acids is 12. The third-order valence-electron chi connectivity index (χ3n) is 14.4. The summed E-state index contributed by atoms with van der Waals surface area (Å²) in [6.07, 6.45) is 6.33. The Labute approximate surface area is 509 Å². The second-order valence-electron chi connectivity index (χ2n) is 21.2. The molecule has 88 heavy (non-hydrogen) atoms. The number of hydrogen-bond acceptors (Lipinski definition) is 24. The molecule has 0 heterocycles. The number of benzene rings is 2. The van der Waals surface area contributed by atoms with Crippen molar-refractivity contribution in [1.82, 2.24) is 0 Å². The molecule has 0 aliphatic heterocycles. The maximum atomic E-state index is 13.7. The SMILES string of the molecule is C=CC(=O)OCCCCOC(=O)C1CCC(OC(=O)c2ccc(OC(=O)C3CCC(C(=O)Oc4ccc(C(=O)OC5CCC(C(=O)OCCCCOC(=O)C=C)CC5)c(C(=O)OCCOC(=O)C(=C)C)c4)CC3)cc2C(=O)OCCOC(=O)C(=C)C)CC1. The first-order valence-electron chi connectivity index (χ1n) is 29.2. The van der Waals surface area contributed by atoms with Gasteiger partial charge in [-0.2, -0.15) is 0 Å². The molecule has 0 radical (unpaired) electrons. The summed E-state index contributed by atoms with van der Waals surface area (Å²) in [6.45, 7) is 15.7. The van der Waals surface area contributed by atoms with Crippen LogP contribution >= 0.6 is 0 Å². The van der Waals surface area contributed by atoms with Crippen LogP contribution in [0.5, 0.6) is 11.5 Å². The molecule has 0 unspecified atom stereocenters. The van der Waals surface area contributed by atoms with Crippen molar-refractivity contribution in [2.24, 2.45) is 23.7 Å². The van der Waals surface area contributed by atoms with E-state index in [0.717, 1.165) is 24.3 Å². The molecule has 0 amide bonds. The first kappa shape index (κ1) is 69.8. The summed E-state index contributed by atoms with van der Waals surface area (Å²) >= 11 is 0. The maximum Gasteiger partial charge on any atom is 0.339 e. The fourth-order valence-corrected chi connectivity index (χ4v) is 9.49. The van der Waals surface area contributed by atoms with Crippen LogP contribution in [0.3, 0.4) is 0 Å². The van der Waals surface area contributed by atoms with Gasteiger partial charge < -0.3 is 56.8 Å². The van der Waals surface area contributed by atoms with Crippen molar-refractivity contribution in [3.05, 3.63) is 108 Å². The van der Waals surface area contributed by atoms with Crippen LogP contribution in [0.2, 0.25) is 0 Å². The van der Waals surface area contributed by atoms with Crippen molar-refractivity contribution in [3.63, 3.8) is 0 Å². The van der Waals surface area contributed by atoms with Gasteiger partial charge in [-0.1, -0.05) is 26.3 Å². The van der Waals surface area contributed by atoms with E-state index in [1.165, 1.54) is 38.1 Å². The average Bonchev–Trinajstić information content (AvgIpc) is 1.73. The summed E-state index contributed by atoms with van der Waals surface area (Å²) in [4.78, 5) is 153. The number of rotatable bonds is 32. The van der Waals surface area contributed by atoms with Crippen LogP contribution in [0.1, 0.15) is 158 Å². The highest BCUT2D eigenvalue weighted by atomic mass is 16.6. The van der Waals surface area contributed by atoms with Crippen LogP contribution in [0.15, 0.2) is 86.0 Å². The molecule has 3 aliphatic carbocycles. The van der Waals surface area contributed by atoms with Crippen molar-refractivity contribution in [1.29, 1.82) is 0 Å². The van der Waals surface area contributed by atoms with E-state index in [0.29, 0.717) is 77.0 Å². The van der Waals surface area contributed by atoms with E-state index < -0.39 is 121 Å². The van der Waals surface area contributed by atoms with E-state index in [1.54, 1.807) is 0 Å². The number of unbranched alkanes of at least 4 members (excludes halogenated alkanes) is 2. The highest BCUT2D eigenvalue weighted by Gasteiger charge is 2.36. The number of esters is 12. The Kier molecular flexibility index (Phi) is 28.8. The van der Waals surface area contributed by atoms with Gasteiger partial charge in [-0.05, 0) is 153 Å². The smallest absolute Gasteiger partial charge is 0.339 e. The fourth-order valence-electron chi connectivity index (χ4n) is 9.49. The highest BCUT2D eigenvalue weighted by Crippen LogP contribution is 2.34. The topological polar surface area (TPSA) is 316 Å². The van der Waals surface area contributed by atoms with Gasteiger partial charge >= 0.3 is 71.6 Å². The second kappa shape index (κ2) is 36.2. The molecule has 0 spiro atoms. The summed E-state index contributed by atoms with van der Waals surface area (Å²) in [7, 11) is 0. The lowest BCUT2D eigenvalue weighted by Gasteiger charge is -2.27. The monoisotopic (exact) mass is 1230 g/mol. The van der Waals surface area contributed by atoms with E-state index >= 15 is 0 Å². The van der Waals surface area contributed by atoms with Crippen LogP contribution in [-0.2, 0) is 85.7 Å². The summed E-state index contributed by atoms with van der Waals surface area (Å²) in [6, 6.07) is 7.39. The zero-order valence-electron chi connectivity index (χ0n) is 49.7. The summed E-state index contributed by atoms with van der Waals surface area (Å²) in [5.74, 6) is -11.0. The van der Waals surface area contributed by atoms with Crippen LogP contribution < -0.4 is 9.47 Å². The quantitative estimate of drug-likeness (QED) is 0.0219. The highest BCUT2D eigenvalue weighted by molar-refractivity contribution is 6.04. The molecule has 24 heteroatoms. The third kappa shape index (κ3) is 23.0. The molecule has 24 nitrogen and oxygen atoms in total. The Morgan fingerprint density at radius 1 is 0.375 bits per heavy atom. The van der Waals surface area contributed by atoms with Gasteiger partial charge in [-0.15, -0.1) is 0 Å². The lowest BCUT2D eigenvalue weighted by molar-refractivity contribution is -0.151.